The molecule has 0 bridgehead atoms. The molecule has 2 atom stereocenters. The maximum Gasteiger partial charge on any atom is 0.237 e. The molecule has 3 rings (SSSR count). The van der Waals surface area contributed by atoms with Crippen molar-refractivity contribution in [2.45, 2.75) is 78.4 Å². The lowest BCUT2D eigenvalue weighted by molar-refractivity contribution is -0.873. The highest BCUT2D eigenvalue weighted by Gasteiger charge is 2.23. The Morgan fingerprint density at radius 1 is 0.828 bits per heavy atom. The molecule has 15 nitrogen and oxygen atoms in total. The van der Waals surface area contributed by atoms with Crippen LogP contribution in [0.2, 0.25) is 0 Å². The number of hydrogen-bond acceptors (Lipinski definition) is 10. The highest BCUT2D eigenvalue weighted by molar-refractivity contribution is 5.91. The van der Waals surface area contributed by atoms with Gasteiger partial charge in [0.15, 0.2) is 5.78 Å². The van der Waals surface area contributed by atoms with Crippen molar-refractivity contribution in [2.75, 3.05) is 5.73 Å². The van der Waals surface area contributed by atoms with Gasteiger partial charge < -0.3 is 31.0 Å². The predicted octanol–water partition coefficient (Wildman–Crippen LogP) is 7.03. The minimum Gasteiger partial charge on any atom is -0.461 e. The fourth-order valence-corrected chi connectivity index (χ4v) is 4.42. The van der Waals surface area contributed by atoms with Gasteiger partial charge in [-0.25, -0.2) is 4.98 Å². The molecular formula is C49H65N9O6. The Hall–Kier alpha value is -9.47. The van der Waals surface area contributed by atoms with Crippen molar-refractivity contribution in [2.24, 2.45) is 21.5 Å². The summed E-state index contributed by atoms with van der Waals surface area (Å²) in [5.74, 6) is 60.9. The topological polar surface area (TPSA) is 229 Å². The highest BCUT2D eigenvalue weighted by Crippen LogP contribution is 2.23. The molecule has 0 saturated carbocycles. The van der Waals surface area contributed by atoms with Crippen LogP contribution in [0.1, 0.15) is 75.9 Å². The number of Topliss-reactive ketones (excluding diaryl/α,β-unsaturated/α-hetero) is 1. The number of fused-ring (bicyclic) bond motifs is 1. The summed E-state index contributed by atoms with van der Waals surface area (Å²) in [6.45, 7) is 9.14. The Bertz CT molecular complexity index is 2800. The third-order valence-electron chi connectivity index (χ3n) is 7.07. The number of aryl methyl sites for hydroxylation is 2. The Morgan fingerprint density at radius 3 is 1.77 bits per heavy atom. The molecule has 0 saturated heterocycles. The quantitative estimate of drug-likeness (QED) is 0.0387. The monoisotopic (exact) mass is 876 g/mol. The zero-order valence-corrected chi connectivity index (χ0v) is 35.6. The largest absolute Gasteiger partial charge is 0.461 e. The first-order chi connectivity index (χ1) is 31.1. The highest BCUT2D eigenvalue weighted by atomic mass is 17.2. The van der Waals surface area contributed by atoms with E-state index in [0.717, 1.165) is 11.8 Å². The summed E-state index contributed by atoms with van der Waals surface area (Å²) in [7, 11) is 0. The molecule has 7 N–H and O–H groups in total. The number of amides is 1. The predicted molar refractivity (Wildman–Crippen MR) is 267 cm³/mol. The average Bonchev–Trinajstić information content (AvgIpc) is 3.73. The fourth-order valence-electron chi connectivity index (χ4n) is 4.42. The molecule has 64 heavy (non-hydrogen) atoms. The first-order valence-electron chi connectivity index (χ1n) is 18.7. The third kappa shape index (κ3) is 25.8. The average molecular weight is 876 g/mol. The number of nitrogens with zero attached hydrogens (tertiary/aromatic N) is 5. The van der Waals surface area contributed by atoms with Gasteiger partial charge in [-0.05, 0) is 146 Å². The van der Waals surface area contributed by atoms with Gasteiger partial charge in [0.1, 0.15) is 17.2 Å². The van der Waals surface area contributed by atoms with Crippen LogP contribution in [-0.4, -0.2) is 45.1 Å². The number of carbonyl (C=O) groups is 2. The van der Waals surface area contributed by atoms with Gasteiger partial charge >= 0.3 is 0 Å². The molecule has 1 aromatic carbocycles. The van der Waals surface area contributed by atoms with Gasteiger partial charge in [0, 0.05) is 65.9 Å². The second-order valence-electron chi connectivity index (χ2n) is 12.0. The molecule has 0 unspecified atom stereocenters. The first-order valence-corrected chi connectivity index (χ1v) is 18.7. The van der Waals surface area contributed by atoms with Crippen LogP contribution >= 0.6 is 0 Å². The van der Waals surface area contributed by atoms with E-state index < -0.39 is 11.1 Å². The van der Waals surface area contributed by atoms with Gasteiger partial charge in [0.2, 0.25) is 16.4 Å². The summed E-state index contributed by atoms with van der Waals surface area (Å²) in [6.07, 6.45) is 3.73. The molecule has 3 aromatic rings. The maximum absolute atomic E-state index is 12.9. The van der Waals surface area contributed by atoms with Gasteiger partial charge in [0.05, 0.1) is 27.7 Å². The normalized spacial score (nSPS) is 9.64. The van der Waals surface area contributed by atoms with E-state index in [1.54, 1.807) is 33.0 Å². The summed E-state index contributed by atoms with van der Waals surface area (Å²) in [4.78, 5) is 32.5. The van der Waals surface area contributed by atoms with Gasteiger partial charge in [-0.3, -0.25) is 20.7 Å². The molecule has 0 aliphatic rings. The number of nitrogen functional groups attached to an aromatic ring is 1. The molecule has 0 fully saturated rings. The summed E-state index contributed by atoms with van der Waals surface area (Å²) >= 11 is 0. The molecule has 0 aliphatic carbocycles. The Kier molecular flexibility index (Phi) is 28.2. The van der Waals surface area contributed by atoms with Gasteiger partial charge in [-0.1, -0.05) is 56.0 Å². The lowest BCUT2D eigenvalue weighted by atomic mass is 10.0. The van der Waals surface area contributed by atoms with E-state index in [2.05, 4.69) is 185 Å². The molecule has 2 aromatic heterocycles. The lowest BCUT2D eigenvalue weighted by Gasteiger charge is -2.23. The zero-order valence-electron chi connectivity index (χ0n) is 35.6. The van der Waals surface area contributed by atoms with Crippen LogP contribution in [-0.2, 0) is 27.4 Å². The summed E-state index contributed by atoms with van der Waals surface area (Å²) in [5.41, 5.74) is 7.70. The molecule has 15 heteroatoms. The van der Waals surface area contributed by atoms with Crippen molar-refractivity contribution in [3.8, 4) is 130 Å². The third-order valence-corrected chi connectivity index (χ3v) is 7.07. The van der Waals surface area contributed by atoms with E-state index in [4.69, 9.17) is 15.4 Å². The van der Waals surface area contributed by atoms with E-state index in [1.807, 2.05) is 38.1 Å². The number of ketones is 1. The van der Waals surface area contributed by atoms with Crippen molar-refractivity contribution in [3.05, 3.63) is 65.2 Å². The van der Waals surface area contributed by atoms with Crippen LogP contribution in [0.15, 0.2) is 68.7 Å². The number of aromatic nitrogens is 1. The number of pyridine rings is 1. The van der Waals surface area contributed by atoms with Crippen molar-refractivity contribution >= 4 is 28.5 Å². The Labute approximate surface area is 391 Å². The number of rotatable bonds is 13. The minimum atomic E-state index is -0.577. The van der Waals surface area contributed by atoms with Crippen LogP contribution in [0.25, 0.3) is 11.0 Å². The zero-order chi connectivity index (χ0) is 47.0. The van der Waals surface area contributed by atoms with Crippen LogP contribution in [0.3, 0.4) is 0 Å². The molecule has 1 amide bonds. The number of nitrogens with two attached hydrogens (primary N) is 2. The van der Waals surface area contributed by atoms with Crippen LogP contribution in [0.4, 0.5) is 5.82 Å². The van der Waals surface area contributed by atoms with E-state index in [0.29, 0.717) is 30.0 Å². The molecule has 0 aliphatic heterocycles. The number of carbonyl (C=O) groups excluding carboxylic acids is 2. The SMILES string of the molecule is CC#CC#CC#CC#CC#CC#CC#CC#CC#CC#CC#CC.CC(C)N[C@H](CCc1ccccc1)C(=O)N[C@@H](C)C(=O)CCc1cc2c(N)nccc2o1.NN=NN=[N+]([O-])OO.[HH].[HH].[HH].[HH].[HH].[HH].[HH].[HH].[HH].[HH].[HH].[HH]. The number of nitrogens with one attached hydrogen (secondary N) is 2. The minimum absolute atomic E-state index is 0. The molecule has 2 heterocycles. The van der Waals surface area contributed by atoms with E-state index in [9.17, 15) is 14.8 Å². The second kappa shape index (κ2) is 34.4. The number of anilines is 1. The number of benzene rings is 1. The smallest absolute Gasteiger partial charge is 0.237 e. The number of hydrogen-bond donors (Lipinski definition) is 5. The van der Waals surface area contributed by atoms with Crippen molar-refractivity contribution < 1.29 is 46.4 Å². The molecule has 342 valence electrons. The fraction of sp³-hybridized carbons (Fsp3) is 0.245. The first kappa shape index (κ1) is 52.5. The molecular weight excluding hydrogens is 811 g/mol. The van der Waals surface area contributed by atoms with Gasteiger partial charge in [-0.15, -0.1) is 0 Å². The van der Waals surface area contributed by atoms with Crippen molar-refractivity contribution in [3.63, 3.8) is 0 Å². The Morgan fingerprint density at radius 2 is 1.33 bits per heavy atom. The maximum atomic E-state index is 12.9. The van der Waals surface area contributed by atoms with Gasteiger partial charge in [0.25, 0.3) is 0 Å². The van der Waals surface area contributed by atoms with E-state index >= 15 is 0 Å². The van der Waals surface area contributed by atoms with Crippen molar-refractivity contribution in [1.29, 1.82) is 0 Å². The summed E-state index contributed by atoms with van der Waals surface area (Å²) in [5, 5.41) is 31.1. The summed E-state index contributed by atoms with van der Waals surface area (Å²) < 4.78 is 5.75. The number of furan rings is 1. The van der Waals surface area contributed by atoms with Crippen molar-refractivity contribution in [1.82, 2.24) is 15.6 Å². The van der Waals surface area contributed by atoms with Crippen LogP contribution in [0.5, 0.6) is 0 Å². The van der Waals surface area contributed by atoms with E-state index in [-0.39, 0.29) is 47.3 Å². The van der Waals surface area contributed by atoms with Crippen LogP contribution in [0, 0.1) is 135 Å². The molecule has 0 radical (unpaired) electrons. The van der Waals surface area contributed by atoms with Gasteiger partial charge in [-0.2, -0.15) is 0 Å². The summed E-state index contributed by atoms with van der Waals surface area (Å²) in [6, 6.07) is 12.9. The molecule has 0 spiro atoms. The van der Waals surface area contributed by atoms with E-state index in [1.165, 1.54) is 5.56 Å². The second-order valence-corrected chi connectivity index (χ2v) is 12.0. The lowest BCUT2D eigenvalue weighted by Crippen LogP contribution is -2.51. The van der Waals surface area contributed by atoms with Crippen LogP contribution < -0.4 is 22.2 Å². The standard InChI is InChI=1S/C25H32N4O3.C24H6.H3N5O3.12H2/c1-16(2)28-21(11-9-18-7-5-4-6-8-18)25(31)29-17(3)22(30)12-10-19-15-20-23(32-19)13-14-27-24(20)26;1-3-5-7-9-11-13-15-17-19-21-23-24-22-20-18-16-14-12-10-8-6-4-2;1-2-3-4-5(6)8-7;;;;;;;;;;;;/h4-8,13-17,21,28H,9-12H2,1-3H3,(H2,26,27)(H,29,31);1-2H3;7H,(H2,1,3);12*1H/t17-,21+;;;;;;;;;;;;;;/m0............../s1. The Balaban J connectivity index is -0.0000000844.